The van der Waals surface area contributed by atoms with Gasteiger partial charge in [0.15, 0.2) is 0 Å². The highest BCUT2D eigenvalue weighted by Gasteiger charge is 2.20. The van der Waals surface area contributed by atoms with Gasteiger partial charge in [0, 0.05) is 0 Å². The van der Waals surface area contributed by atoms with Crippen LogP contribution in [0.15, 0.2) is 35.1 Å². The molecule has 0 fully saturated rings. The average molecular weight is 361 g/mol. The van der Waals surface area contributed by atoms with Crippen LogP contribution in [0.3, 0.4) is 0 Å². The molecule has 0 saturated carbocycles. The van der Waals surface area contributed by atoms with Crippen LogP contribution in [-0.4, -0.2) is 9.55 Å². The Labute approximate surface area is 145 Å². The fourth-order valence-electron chi connectivity index (χ4n) is 2.56. The second-order valence-corrected chi connectivity index (χ2v) is 5.87. The minimum Gasteiger partial charge on any atom is -0.322 e. The molecule has 25 heavy (non-hydrogen) atoms. The predicted molar refractivity (Wildman–Crippen MR) is 89.6 cm³/mol. The van der Waals surface area contributed by atoms with Crippen LogP contribution in [0.1, 0.15) is 24.4 Å². The molecule has 0 aliphatic carbocycles. The first-order chi connectivity index (χ1) is 11.8. The second kappa shape index (κ2) is 6.24. The van der Waals surface area contributed by atoms with Crippen LogP contribution < -0.4 is 11.3 Å². The molecule has 1 atom stereocenters. The Morgan fingerprint density at radius 1 is 1.32 bits per heavy atom. The lowest BCUT2D eigenvalue weighted by molar-refractivity contribution is 0.620. The van der Waals surface area contributed by atoms with Gasteiger partial charge in [-0.2, -0.15) is 5.26 Å². The van der Waals surface area contributed by atoms with Gasteiger partial charge in [0.05, 0.1) is 33.8 Å². The van der Waals surface area contributed by atoms with Crippen LogP contribution in [0, 0.1) is 23.0 Å². The number of nitriles is 1. The van der Waals surface area contributed by atoms with Gasteiger partial charge < -0.3 is 5.73 Å². The van der Waals surface area contributed by atoms with Gasteiger partial charge >= 0.3 is 0 Å². The third-order valence-electron chi connectivity index (χ3n) is 3.63. The van der Waals surface area contributed by atoms with E-state index >= 15 is 0 Å². The van der Waals surface area contributed by atoms with Gasteiger partial charge in [0.25, 0.3) is 5.56 Å². The van der Waals surface area contributed by atoms with E-state index in [4.69, 9.17) is 22.6 Å². The van der Waals surface area contributed by atoms with E-state index in [1.165, 1.54) is 12.1 Å². The molecule has 3 rings (SSSR count). The smallest absolute Gasteiger partial charge is 0.267 e. The van der Waals surface area contributed by atoms with Gasteiger partial charge in [0.1, 0.15) is 23.0 Å². The summed E-state index contributed by atoms with van der Waals surface area (Å²) in [6, 6.07) is 6.80. The molecule has 2 N–H and O–H groups in total. The van der Waals surface area contributed by atoms with Crippen molar-refractivity contribution in [3.63, 3.8) is 0 Å². The lowest BCUT2D eigenvalue weighted by Crippen LogP contribution is -2.28. The molecule has 0 aliphatic heterocycles. The number of nitrogens with two attached hydrogens (primary N) is 1. The van der Waals surface area contributed by atoms with Crippen LogP contribution in [-0.2, 0) is 0 Å². The number of aromatic nitrogens is 2. The SMILES string of the molecule is CC(N)c1nc2c(F)ccc(Cl)c2c(=O)n1-c1cc(F)cc(C#N)c1. The molecule has 1 heterocycles. The van der Waals surface area contributed by atoms with E-state index in [0.29, 0.717) is 0 Å². The molecule has 0 spiro atoms. The third-order valence-corrected chi connectivity index (χ3v) is 3.94. The highest BCUT2D eigenvalue weighted by molar-refractivity contribution is 6.35. The molecule has 8 heteroatoms. The fourth-order valence-corrected chi connectivity index (χ4v) is 2.79. The van der Waals surface area contributed by atoms with Crippen molar-refractivity contribution in [2.75, 3.05) is 0 Å². The fraction of sp³-hybridized carbons (Fsp3) is 0.118. The van der Waals surface area contributed by atoms with Crippen LogP contribution >= 0.6 is 11.6 Å². The third kappa shape index (κ3) is 2.86. The summed E-state index contributed by atoms with van der Waals surface area (Å²) in [5.74, 6) is -1.40. The molecule has 5 nitrogen and oxygen atoms in total. The van der Waals surface area contributed by atoms with Crippen molar-refractivity contribution in [3.8, 4) is 11.8 Å². The van der Waals surface area contributed by atoms with Crippen LogP contribution in [0.25, 0.3) is 16.6 Å². The highest BCUT2D eigenvalue weighted by atomic mass is 35.5. The number of nitrogens with zero attached hydrogens (tertiary/aromatic N) is 3. The maximum Gasteiger partial charge on any atom is 0.267 e. The molecule has 126 valence electrons. The summed E-state index contributed by atoms with van der Waals surface area (Å²) in [5, 5.41) is 8.88. The van der Waals surface area contributed by atoms with Gasteiger partial charge in [-0.05, 0) is 37.3 Å². The Morgan fingerprint density at radius 3 is 2.68 bits per heavy atom. The van der Waals surface area contributed by atoms with Crippen molar-refractivity contribution in [3.05, 3.63) is 68.7 Å². The summed E-state index contributed by atoms with van der Waals surface area (Å²) in [5.41, 5.74) is 5.04. The monoisotopic (exact) mass is 360 g/mol. The standard InChI is InChI=1S/C17H11ClF2N4O/c1-8(22)16-23-15-13(20)3-2-12(18)14(15)17(25)24(16)11-5-9(7-21)4-10(19)6-11/h2-6,8H,22H2,1H3. The van der Waals surface area contributed by atoms with Crippen molar-refractivity contribution >= 4 is 22.5 Å². The Balaban J connectivity index is 2.51. The summed E-state index contributed by atoms with van der Waals surface area (Å²) in [6.45, 7) is 1.55. The van der Waals surface area contributed by atoms with Crippen molar-refractivity contribution in [1.82, 2.24) is 9.55 Å². The summed E-state index contributed by atoms with van der Waals surface area (Å²) in [4.78, 5) is 17.1. The predicted octanol–water partition coefficient (Wildman–Crippen LogP) is 3.21. The summed E-state index contributed by atoms with van der Waals surface area (Å²) in [7, 11) is 0. The topological polar surface area (TPSA) is 84.7 Å². The van der Waals surface area contributed by atoms with Gasteiger partial charge in [-0.15, -0.1) is 0 Å². The Kier molecular flexibility index (Phi) is 4.25. The molecular formula is C17H11ClF2N4O. The zero-order valence-electron chi connectivity index (χ0n) is 12.9. The van der Waals surface area contributed by atoms with Crippen LogP contribution in [0.5, 0.6) is 0 Å². The van der Waals surface area contributed by atoms with Crippen molar-refractivity contribution in [2.24, 2.45) is 5.73 Å². The number of halogens is 3. The first-order valence-corrected chi connectivity index (χ1v) is 7.58. The normalized spacial score (nSPS) is 12.2. The average Bonchev–Trinajstić information content (AvgIpc) is 2.56. The minimum absolute atomic E-state index is 0.00999. The van der Waals surface area contributed by atoms with E-state index in [1.807, 2.05) is 6.07 Å². The van der Waals surface area contributed by atoms with Gasteiger partial charge in [-0.1, -0.05) is 11.6 Å². The zero-order chi connectivity index (χ0) is 18.3. The molecule has 1 aromatic heterocycles. The van der Waals surface area contributed by atoms with E-state index in [1.54, 1.807) is 6.92 Å². The van der Waals surface area contributed by atoms with Crippen LogP contribution in [0.4, 0.5) is 8.78 Å². The number of rotatable bonds is 2. The molecule has 0 aliphatic rings. The van der Waals surface area contributed by atoms with Gasteiger partial charge in [-0.3, -0.25) is 9.36 Å². The molecule has 0 saturated heterocycles. The van der Waals surface area contributed by atoms with Crippen LogP contribution in [0.2, 0.25) is 5.02 Å². The number of hydrogen-bond donors (Lipinski definition) is 1. The first-order valence-electron chi connectivity index (χ1n) is 7.20. The maximum atomic E-state index is 14.1. The first kappa shape index (κ1) is 17.0. The lowest BCUT2D eigenvalue weighted by atomic mass is 10.1. The molecule has 3 aromatic rings. The van der Waals surface area contributed by atoms with E-state index in [2.05, 4.69) is 4.98 Å². The number of hydrogen-bond acceptors (Lipinski definition) is 4. The lowest BCUT2D eigenvalue weighted by Gasteiger charge is -2.17. The van der Waals surface area contributed by atoms with Gasteiger partial charge in [-0.25, -0.2) is 13.8 Å². The molecule has 0 bridgehead atoms. The minimum atomic E-state index is -0.760. The Bertz CT molecular complexity index is 1100. The largest absolute Gasteiger partial charge is 0.322 e. The van der Waals surface area contributed by atoms with Crippen molar-refractivity contribution < 1.29 is 8.78 Å². The quantitative estimate of drug-likeness (QED) is 0.760. The van der Waals surface area contributed by atoms with E-state index in [9.17, 15) is 13.6 Å². The molecule has 1 unspecified atom stereocenters. The van der Waals surface area contributed by atoms with Crippen molar-refractivity contribution in [1.29, 1.82) is 5.26 Å². The summed E-state index contributed by atoms with van der Waals surface area (Å²) in [6.07, 6.45) is 0. The summed E-state index contributed by atoms with van der Waals surface area (Å²) >= 11 is 6.04. The van der Waals surface area contributed by atoms with E-state index in [-0.39, 0.29) is 33.0 Å². The van der Waals surface area contributed by atoms with E-state index in [0.717, 1.165) is 22.8 Å². The molecule has 0 amide bonds. The van der Waals surface area contributed by atoms with Gasteiger partial charge in [0.2, 0.25) is 0 Å². The second-order valence-electron chi connectivity index (χ2n) is 5.46. The molecule has 2 aromatic carbocycles. The Morgan fingerprint density at radius 2 is 2.04 bits per heavy atom. The Hall–Kier alpha value is -2.82. The van der Waals surface area contributed by atoms with E-state index < -0.39 is 23.2 Å². The maximum absolute atomic E-state index is 14.1. The summed E-state index contributed by atoms with van der Waals surface area (Å²) < 4.78 is 29.0. The number of fused-ring (bicyclic) bond motifs is 1. The molecule has 0 radical (unpaired) electrons. The zero-order valence-corrected chi connectivity index (χ0v) is 13.7. The molecular weight excluding hydrogens is 350 g/mol. The number of benzene rings is 2. The highest BCUT2D eigenvalue weighted by Crippen LogP contribution is 2.25. The van der Waals surface area contributed by atoms with Crippen molar-refractivity contribution in [2.45, 2.75) is 13.0 Å².